The second-order valence-corrected chi connectivity index (χ2v) is 8.05. The Morgan fingerprint density at radius 3 is 2.10 bits per heavy atom. The number of hydrogen-bond donors (Lipinski definition) is 4. The van der Waals surface area contributed by atoms with Gasteiger partial charge in [-0.2, -0.15) is 0 Å². The molecule has 4 rings (SSSR count). The van der Waals surface area contributed by atoms with Gasteiger partial charge in [-0.15, -0.1) is 0 Å². The summed E-state index contributed by atoms with van der Waals surface area (Å²) >= 11 is 3.39. The summed E-state index contributed by atoms with van der Waals surface area (Å²) < 4.78 is 14.0. The van der Waals surface area contributed by atoms with Gasteiger partial charge in [0.05, 0.1) is 12.1 Å². The van der Waals surface area contributed by atoms with Crippen LogP contribution in [0.15, 0.2) is 26.2 Å². The van der Waals surface area contributed by atoms with Crippen molar-refractivity contribution in [2.45, 2.75) is 36.4 Å². The SMILES string of the molecule is Cn1c(=O)n(C)n([C@H]2C(O)C(O)[C@@H](O)C(O)C2c2cc3c(cc2Br)OCO3)c1=O. The van der Waals surface area contributed by atoms with E-state index in [-0.39, 0.29) is 6.79 Å². The molecule has 2 heterocycles. The molecule has 1 saturated carbocycles. The molecule has 2 aromatic rings. The van der Waals surface area contributed by atoms with Gasteiger partial charge in [0, 0.05) is 24.5 Å². The fraction of sp³-hybridized carbons (Fsp3) is 0.529. The number of aromatic nitrogens is 3. The minimum Gasteiger partial charge on any atom is -0.454 e. The largest absolute Gasteiger partial charge is 0.454 e. The Bertz CT molecular complexity index is 1080. The van der Waals surface area contributed by atoms with E-state index < -0.39 is 47.8 Å². The van der Waals surface area contributed by atoms with Gasteiger partial charge in [-0.25, -0.2) is 23.5 Å². The highest BCUT2D eigenvalue weighted by Crippen LogP contribution is 2.47. The molecule has 2 aliphatic rings. The number of aliphatic hydroxyl groups is 4. The van der Waals surface area contributed by atoms with Gasteiger partial charge in [-0.3, -0.25) is 0 Å². The predicted molar refractivity (Wildman–Crippen MR) is 101 cm³/mol. The van der Waals surface area contributed by atoms with E-state index >= 15 is 0 Å². The zero-order valence-electron chi connectivity index (χ0n) is 15.5. The lowest BCUT2D eigenvalue weighted by Gasteiger charge is -2.45. The molecular weight excluding hydrogens is 454 g/mol. The molecule has 1 aromatic carbocycles. The van der Waals surface area contributed by atoms with Crippen LogP contribution in [0.5, 0.6) is 11.5 Å². The van der Waals surface area contributed by atoms with Crippen molar-refractivity contribution in [3.05, 3.63) is 43.1 Å². The van der Waals surface area contributed by atoms with Crippen molar-refractivity contribution < 1.29 is 29.9 Å². The van der Waals surface area contributed by atoms with E-state index in [0.29, 0.717) is 21.5 Å². The predicted octanol–water partition coefficient (Wildman–Crippen LogP) is -1.84. The van der Waals surface area contributed by atoms with Crippen LogP contribution in [-0.2, 0) is 14.1 Å². The van der Waals surface area contributed by atoms with E-state index in [0.717, 1.165) is 13.9 Å². The maximum absolute atomic E-state index is 12.7. The van der Waals surface area contributed by atoms with Gasteiger partial charge < -0.3 is 29.9 Å². The van der Waals surface area contributed by atoms with Crippen molar-refractivity contribution in [1.29, 1.82) is 0 Å². The molecule has 1 fully saturated rings. The molecule has 12 heteroatoms. The van der Waals surface area contributed by atoms with Crippen molar-refractivity contribution >= 4 is 15.9 Å². The molecule has 4 N–H and O–H groups in total. The topological polar surface area (TPSA) is 148 Å². The number of nitrogens with zero attached hydrogens (tertiary/aromatic N) is 3. The molecule has 1 aliphatic heterocycles. The van der Waals surface area contributed by atoms with Gasteiger partial charge in [0.1, 0.15) is 18.3 Å². The normalized spacial score (nSPS) is 31.3. The first-order chi connectivity index (χ1) is 13.6. The summed E-state index contributed by atoms with van der Waals surface area (Å²) in [5.74, 6) is -0.218. The fourth-order valence-corrected chi connectivity index (χ4v) is 4.67. The Balaban J connectivity index is 1.95. The van der Waals surface area contributed by atoms with Crippen molar-refractivity contribution in [1.82, 2.24) is 13.9 Å². The van der Waals surface area contributed by atoms with Gasteiger partial charge in [0.25, 0.3) is 0 Å². The van der Waals surface area contributed by atoms with Crippen molar-refractivity contribution in [3.8, 4) is 11.5 Å². The summed E-state index contributed by atoms with van der Waals surface area (Å²) in [4.78, 5) is 25.0. The fourth-order valence-electron chi connectivity index (χ4n) is 4.09. The molecule has 6 atom stereocenters. The molecule has 0 saturated heterocycles. The van der Waals surface area contributed by atoms with Crippen LogP contribution in [0.4, 0.5) is 0 Å². The highest BCUT2D eigenvalue weighted by Gasteiger charge is 2.52. The molecule has 11 nitrogen and oxygen atoms in total. The average Bonchev–Trinajstić information content (AvgIpc) is 3.22. The van der Waals surface area contributed by atoms with Gasteiger partial charge in [-0.1, -0.05) is 15.9 Å². The molecule has 0 amide bonds. The standard InChI is InChI=1S/C17H20BrN3O8/c1-19-16(26)20(2)21(17(19)27)11-10(12(22)14(24)15(25)13(11)23)6-3-8-9(4-7(6)18)29-5-28-8/h3-4,10-15,22-25H,5H2,1-2H3/t10?,11-,12?,13?,14+,15?/m1/s1. The lowest BCUT2D eigenvalue weighted by Crippen LogP contribution is -2.59. The maximum Gasteiger partial charge on any atom is 0.347 e. The van der Waals surface area contributed by atoms with E-state index in [9.17, 15) is 30.0 Å². The maximum atomic E-state index is 12.7. The first kappa shape index (κ1) is 20.2. The van der Waals surface area contributed by atoms with Crippen LogP contribution in [0.1, 0.15) is 17.5 Å². The minimum atomic E-state index is -1.73. The summed E-state index contributed by atoms with van der Waals surface area (Å²) in [6.45, 7) is 0.0124. The highest BCUT2D eigenvalue weighted by molar-refractivity contribution is 9.10. The lowest BCUT2D eigenvalue weighted by atomic mass is 9.73. The molecule has 158 valence electrons. The van der Waals surface area contributed by atoms with Crippen LogP contribution in [-0.4, -0.2) is 65.6 Å². The van der Waals surface area contributed by atoms with Crippen LogP contribution in [0.25, 0.3) is 0 Å². The van der Waals surface area contributed by atoms with E-state index in [1.807, 2.05) is 0 Å². The summed E-state index contributed by atoms with van der Waals surface area (Å²) in [6, 6.07) is 1.92. The molecule has 4 unspecified atom stereocenters. The second kappa shape index (κ2) is 6.99. The third-order valence-corrected chi connectivity index (χ3v) is 6.33. The Kier molecular flexibility index (Phi) is 4.86. The number of ether oxygens (including phenoxy) is 2. The average molecular weight is 474 g/mol. The number of fused-ring (bicyclic) bond motifs is 1. The molecule has 0 radical (unpaired) electrons. The Morgan fingerprint density at radius 2 is 1.52 bits per heavy atom. The number of halogens is 1. The third-order valence-electron chi connectivity index (χ3n) is 5.64. The van der Waals surface area contributed by atoms with Gasteiger partial charge in [0.2, 0.25) is 6.79 Å². The molecule has 0 bridgehead atoms. The van der Waals surface area contributed by atoms with Crippen molar-refractivity contribution in [3.63, 3.8) is 0 Å². The summed E-state index contributed by atoms with van der Waals surface area (Å²) in [5, 5.41) is 42.2. The van der Waals surface area contributed by atoms with E-state index in [1.165, 1.54) is 14.1 Å². The van der Waals surface area contributed by atoms with E-state index in [1.54, 1.807) is 12.1 Å². The first-order valence-corrected chi connectivity index (χ1v) is 9.60. The number of aliphatic hydroxyl groups excluding tert-OH is 4. The Labute approximate surface area is 172 Å². The van der Waals surface area contributed by atoms with Crippen LogP contribution in [0.2, 0.25) is 0 Å². The van der Waals surface area contributed by atoms with Gasteiger partial charge in [-0.05, 0) is 17.7 Å². The quantitative estimate of drug-likeness (QED) is 0.397. The summed E-state index contributed by atoms with van der Waals surface area (Å²) in [6.07, 6.45) is -6.63. The van der Waals surface area contributed by atoms with Crippen LogP contribution in [0.3, 0.4) is 0 Å². The minimum absolute atomic E-state index is 0.0124. The van der Waals surface area contributed by atoms with E-state index in [4.69, 9.17) is 9.47 Å². The van der Waals surface area contributed by atoms with Crippen molar-refractivity contribution in [2.24, 2.45) is 14.1 Å². The Morgan fingerprint density at radius 1 is 0.931 bits per heavy atom. The zero-order chi connectivity index (χ0) is 21.2. The van der Waals surface area contributed by atoms with Crippen molar-refractivity contribution in [2.75, 3.05) is 6.79 Å². The lowest BCUT2D eigenvalue weighted by molar-refractivity contribution is -0.166. The molecule has 1 aliphatic carbocycles. The smallest absolute Gasteiger partial charge is 0.347 e. The number of hydrogen-bond acceptors (Lipinski definition) is 8. The van der Waals surface area contributed by atoms with E-state index in [2.05, 4.69) is 15.9 Å². The highest BCUT2D eigenvalue weighted by atomic mass is 79.9. The Hall–Kier alpha value is -2.12. The van der Waals surface area contributed by atoms with Crippen LogP contribution >= 0.6 is 15.9 Å². The second-order valence-electron chi connectivity index (χ2n) is 7.20. The molecule has 1 aromatic heterocycles. The first-order valence-electron chi connectivity index (χ1n) is 8.81. The molecule has 29 heavy (non-hydrogen) atoms. The third kappa shape index (κ3) is 2.86. The molecular formula is C17H20BrN3O8. The monoisotopic (exact) mass is 473 g/mol. The summed E-state index contributed by atoms with van der Waals surface area (Å²) in [5.41, 5.74) is -0.972. The number of rotatable bonds is 2. The van der Waals surface area contributed by atoms with Gasteiger partial charge >= 0.3 is 11.4 Å². The van der Waals surface area contributed by atoms with Crippen LogP contribution in [0, 0.1) is 0 Å². The van der Waals surface area contributed by atoms with Gasteiger partial charge in [0.15, 0.2) is 11.5 Å². The zero-order valence-corrected chi connectivity index (χ0v) is 17.1. The molecule has 0 spiro atoms. The number of benzene rings is 1. The van der Waals surface area contributed by atoms with Crippen LogP contribution < -0.4 is 20.9 Å². The summed E-state index contributed by atoms with van der Waals surface area (Å²) in [7, 11) is 2.62.